The van der Waals surface area contributed by atoms with Crippen LogP contribution < -0.4 is 14.8 Å². The molecule has 0 aliphatic carbocycles. The molecule has 0 unspecified atom stereocenters. The second-order valence-corrected chi connectivity index (χ2v) is 9.61. The topological polar surface area (TPSA) is 108 Å². The van der Waals surface area contributed by atoms with Crippen LogP contribution >= 0.6 is 0 Å². The normalized spacial score (nSPS) is 19.7. The van der Waals surface area contributed by atoms with E-state index in [1.54, 1.807) is 37.2 Å². The molecule has 0 bridgehead atoms. The number of amides is 3. The Labute approximate surface area is 172 Å². The Hall–Kier alpha value is -2.49. The average Bonchev–Trinajstić information content (AvgIpc) is 2.58. The molecule has 9 nitrogen and oxygen atoms in total. The predicted molar refractivity (Wildman–Crippen MR) is 112 cm³/mol. The van der Waals surface area contributed by atoms with Crippen molar-refractivity contribution in [2.45, 2.75) is 32.9 Å². The van der Waals surface area contributed by atoms with Crippen LogP contribution in [0, 0.1) is 5.92 Å². The first-order valence-electron chi connectivity index (χ1n) is 9.43. The molecule has 1 aliphatic rings. The number of hydrogen-bond acceptors (Lipinski definition) is 5. The second-order valence-electron chi connectivity index (χ2n) is 7.86. The summed E-state index contributed by atoms with van der Waals surface area (Å²) in [5, 5.41) is 2.83. The molecule has 2 N–H and O–H groups in total. The molecule has 1 heterocycles. The number of nitrogens with one attached hydrogen (secondary N) is 2. The highest BCUT2D eigenvalue weighted by atomic mass is 32.2. The lowest BCUT2D eigenvalue weighted by Crippen LogP contribution is -2.49. The standard InChI is InChI=1S/C19H30N4O5S/c1-12(2)20-19(25)23(5)11-16-13(3)10-22(4)18(24)14-8-7-9-15(17(14)28-16)21-29(6,26)27/h7-9,12-13,16,21H,10-11H2,1-6H3,(H,20,25)/t13-,16-/m0/s1. The number of para-hydroxylation sites is 1. The maximum absolute atomic E-state index is 12.8. The van der Waals surface area contributed by atoms with E-state index in [-0.39, 0.29) is 47.4 Å². The quantitative estimate of drug-likeness (QED) is 0.743. The van der Waals surface area contributed by atoms with Gasteiger partial charge >= 0.3 is 6.03 Å². The third kappa shape index (κ3) is 5.99. The van der Waals surface area contributed by atoms with Gasteiger partial charge in [0.15, 0.2) is 5.75 Å². The zero-order chi connectivity index (χ0) is 21.9. The van der Waals surface area contributed by atoms with Crippen molar-refractivity contribution in [3.05, 3.63) is 23.8 Å². The maximum Gasteiger partial charge on any atom is 0.317 e. The van der Waals surface area contributed by atoms with Gasteiger partial charge in [0, 0.05) is 32.6 Å². The van der Waals surface area contributed by atoms with Gasteiger partial charge in [-0.15, -0.1) is 0 Å². The van der Waals surface area contributed by atoms with Crippen molar-refractivity contribution in [1.29, 1.82) is 0 Å². The molecule has 0 aromatic heterocycles. The number of fused-ring (bicyclic) bond motifs is 1. The zero-order valence-electron chi connectivity index (χ0n) is 17.7. The van der Waals surface area contributed by atoms with Gasteiger partial charge in [0.1, 0.15) is 6.10 Å². The summed E-state index contributed by atoms with van der Waals surface area (Å²) in [6.45, 7) is 6.39. The lowest BCUT2D eigenvalue weighted by molar-refractivity contribution is 0.0579. The van der Waals surface area contributed by atoms with Gasteiger partial charge in [-0.2, -0.15) is 0 Å². The Balaban J connectivity index is 2.41. The third-order valence-corrected chi connectivity index (χ3v) is 5.16. The summed E-state index contributed by atoms with van der Waals surface area (Å²) < 4.78 is 32.1. The molecule has 2 atom stereocenters. The number of nitrogens with zero attached hydrogens (tertiary/aromatic N) is 2. The average molecular weight is 427 g/mol. The fourth-order valence-corrected chi connectivity index (χ4v) is 3.71. The molecule has 1 aromatic rings. The van der Waals surface area contributed by atoms with Crippen LogP contribution in [0.2, 0.25) is 0 Å². The molecule has 2 rings (SSSR count). The molecule has 0 saturated carbocycles. The molecule has 10 heteroatoms. The fraction of sp³-hybridized carbons (Fsp3) is 0.579. The van der Waals surface area contributed by atoms with Gasteiger partial charge in [0.2, 0.25) is 10.0 Å². The monoisotopic (exact) mass is 426 g/mol. The van der Waals surface area contributed by atoms with Crippen molar-refractivity contribution >= 4 is 27.6 Å². The molecule has 0 fully saturated rings. The van der Waals surface area contributed by atoms with Crippen molar-refractivity contribution in [1.82, 2.24) is 15.1 Å². The number of rotatable bonds is 5. The smallest absolute Gasteiger partial charge is 0.317 e. The summed E-state index contributed by atoms with van der Waals surface area (Å²) in [5.74, 6) is -0.185. The molecule has 0 radical (unpaired) electrons. The van der Waals surface area contributed by atoms with Gasteiger partial charge in [-0.1, -0.05) is 13.0 Å². The Bertz CT molecular complexity index is 871. The molecular weight excluding hydrogens is 396 g/mol. The van der Waals surface area contributed by atoms with E-state index in [0.29, 0.717) is 6.54 Å². The first-order chi connectivity index (χ1) is 13.4. The van der Waals surface area contributed by atoms with E-state index in [1.807, 2.05) is 20.8 Å². The van der Waals surface area contributed by atoms with Crippen molar-refractivity contribution in [3.63, 3.8) is 0 Å². The summed E-state index contributed by atoms with van der Waals surface area (Å²) in [6.07, 6.45) is 0.586. The summed E-state index contributed by atoms with van der Waals surface area (Å²) in [4.78, 5) is 28.2. The predicted octanol–water partition coefficient (Wildman–Crippen LogP) is 1.58. The first kappa shape index (κ1) is 22.8. The van der Waals surface area contributed by atoms with Gasteiger partial charge in [-0.25, -0.2) is 13.2 Å². The maximum atomic E-state index is 12.8. The molecule has 0 saturated heterocycles. The summed E-state index contributed by atoms with van der Waals surface area (Å²) in [5.41, 5.74) is 0.465. The van der Waals surface area contributed by atoms with Crippen LogP contribution in [0.5, 0.6) is 5.75 Å². The SMILES string of the molecule is CC(C)NC(=O)N(C)C[C@@H]1Oc2c(NS(C)(=O)=O)cccc2C(=O)N(C)C[C@@H]1C. The highest BCUT2D eigenvalue weighted by Gasteiger charge is 2.32. The summed E-state index contributed by atoms with van der Waals surface area (Å²) in [7, 11) is -0.212. The molecule has 162 valence electrons. The molecule has 1 aliphatic heterocycles. The van der Waals surface area contributed by atoms with Crippen molar-refractivity contribution in [3.8, 4) is 5.75 Å². The van der Waals surface area contributed by atoms with Gasteiger partial charge in [-0.05, 0) is 26.0 Å². The molecule has 1 aromatic carbocycles. The van der Waals surface area contributed by atoms with Crippen LogP contribution in [0.4, 0.5) is 10.5 Å². The molecule has 29 heavy (non-hydrogen) atoms. The van der Waals surface area contributed by atoms with E-state index in [1.165, 1.54) is 4.90 Å². The number of carbonyl (C=O) groups excluding carboxylic acids is 2. The van der Waals surface area contributed by atoms with Crippen LogP contribution in [0.1, 0.15) is 31.1 Å². The number of hydrogen-bond donors (Lipinski definition) is 2. The Morgan fingerprint density at radius 1 is 1.38 bits per heavy atom. The van der Waals surface area contributed by atoms with E-state index in [2.05, 4.69) is 10.0 Å². The summed E-state index contributed by atoms with van der Waals surface area (Å²) >= 11 is 0. The van der Waals surface area contributed by atoms with Crippen molar-refractivity contribution in [2.75, 3.05) is 38.2 Å². The van der Waals surface area contributed by atoms with Gasteiger partial charge < -0.3 is 19.9 Å². The molecule has 3 amide bonds. The van der Waals surface area contributed by atoms with Gasteiger partial charge in [0.25, 0.3) is 5.91 Å². The second kappa shape index (κ2) is 8.89. The van der Waals surface area contributed by atoms with E-state index in [9.17, 15) is 18.0 Å². The lowest BCUT2D eigenvalue weighted by atomic mass is 10.0. The van der Waals surface area contributed by atoms with Crippen molar-refractivity contribution < 1.29 is 22.7 Å². The van der Waals surface area contributed by atoms with E-state index in [0.717, 1.165) is 6.26 Å². The number of ether oxygens (including phenoxy) is 1. The Morgan fingerprint density at radius 2 is 2.03 bits per heavy atom. The fourth-order valence-electron chi connectivity index (χ4n) is 3.15. The zero-order valence-corrected chi connectivity index (χ0v) is 18.5. The van der Waals surface area contributed by atoms with Gasteiger partial charge in [-0.3, -0.25) is 9.52 Å². The van der Waals surface area contributed by atoms with E-state index in [4.69, 9.17) is 4.74 Å². The van der Waals surface area contributed by atoms with Crippen LogP contribution in [-0.2, 0) is 10.0 Å². The van der Waals surface area contributed by atoms with Crippen molar-refractivity contribution in [2.24, 2.45) is 5.92 Å². The van der Waals surface area contributed by atoms with E-state index < -0.39 is 16.1 Å². The largest absolute Gasteiger partial charge is 0.485 e. The van der Waals surface area contributed by atoms with Crippen LogP contribution in [0.15, 0.2) is 18.2 Å². The van der Waals surface area contributed by atoms with Crippen LogP contribution in [0.25, 0.3) is 0 Å². The number of anilines is 1. The highest BCUT2D eigenvalue weighted by Crippen LogP contribution is 2.34. The number of sulfonamides is 1. The third-order valence-electron chi connectivity index (χ3n) is 4.57. The Morgan fingerprint density at radius 3 is 2.62 bits per heavy atom. The number of carbonyl (C=O) groups is 2. The van der Waals surface area contributed by atoms with E-state index >= 15 is 0 Å². The number of urea groups is 1. The lowest BCUT2D eigenvalue weighted by Gasteiger charge is -2.35. The summed E-state index contributed by atoms with van der Waals surface area (Å²) in [6, 6.07) is 4.51. The minimum absolute atomic E-state index is 0.00401. The Kier molecular flexibility index (Phi) is 6.99. The number of benzene rings is 1. The minimum atomic E-state index is -3.57. The number of likely N-dealkylation sites (N-methyl/N-ethyl adjacent to an activating group) is 1. The van der Waals surface area contributed by atoms with Crippen LogP contribution in [0.3, 0.4) is 0 Å². The molecular formula is C19H30N4O5S. The van der Waals surface area contributed by atoms with Crippen LogP contribution in [-0.4, -0.2) is 75.7 Å². The highest BCUT2D eigenvalue weighted by molar-refractivity contribution is 7.92. The van der Waals surface area contributed by atoms with Gasteiger partial charge in [0.05, 0.1) is 24.1 Å². The first-order valence-corrected chi connectivity index (χ1v) is 11.3. The minimum Gasteiger partial charge on any atom is -0.485 e. The molecule has 0 spiro atoms.